The quantitative estimate of drug-likeness (QED) is 0.553. The van der Waals surface area contributed by atoms with Crippen molar-refractivity contribution in [3.05, 3.63) is 65.4 Å². The molecule has 1 aromatic carbocycles. The van der Waals surface area contributed by atoms with Crippen LogP contribution in [0.15, 0.2) is 54.2 Å². The lowest BCUT2D eigenvalue weighted by Crippen LogP contribution is -2.28. The summed E-state index contributed by atoms with van der Waals surface area (Å²) in [5.41, 5.74) is 1.31. The number of hydrogen-bond donors (Lipinski definition) is 1. The summed E-state index contributed by atoms with van der Waals surface area (Å²) in [6, 6.07) is 9.58. The highest BCUT2D eigenvalue weighted by molar-refractivity contribution is 7.11. The number of pyridine rings is 1. The van der Waals surface area contributed by atoms with Crippen LogP contribution in [0.25, 0.3) is 0 Å². The van der Waals surface area contributed by atoms with Gasteiger partial charge in [-0.15, -0.1) is 0 Å². The first kappa shape index (κ1) is 21.6. The van der Waals surface area contributed by atoms with Gasteiger partial charge in [0.1, 0.15) is 11.5 Å². The van der Waals surface area contributed by atoms with Crippen LogP contribution in [0.1, 0.15) is 24.2 Å². The zero-order valence-corrected chi connectivity index (χ0v) is 16.7. The van der Waals surface area contributed by atoms with Gasteiger partial charge in [-0.2, -0.15) is 13.2 Å². The van der Waals surface area contributed by atoms with Crippen molar-refractivity contribution < 1.29 is 27.4 Å². The summed E-state index contributed by atoms with van der Waals surface area (Å²) in [5, 5.41) is 5.16. The van der Waals surface area contributed by atoms with Gasteiger partial charge in [0.15, 0.2) is 6.61 Å². The Morgan fingerprint density at radius 1 is 1.13 bits per heavy atom. The molecule has 6 nitrogen and oxygen atoms in total. The van der Waals surface area contributed by atoms with Crippen LogP contribution in [0.3, 0.4) is 0 Å². The summed E-state index contributed by atoms with van der Waals surface area (Å²) in [7, 11) is 0. The van der Waals surface area contributed by atoms with Crippen LogP contribution >= 0.6 is 11.3 Å². The number of halogens is 3. The van der Waals surface area contributed by atoms with E-state index in [9.17, 15) is 18.0 Å². The Labute approximate surface area is 174 Å². The van der Waals surface area contributed by atoms with Gasteiger partial charge >= 0.3 is 6.18 Å². The summed E-state index contributed by atoms with van der Waals surface area (Å²) in [6.07, 6.45) is -1.40. The molecule has 1 atom stereocenters. The maximum absolute atomic E-state index is 12.3. The fourth-order valence-corrected chi connectivity index (χ4v) is 2.99. The molecule has 0 radical (unpaired) electrons. The van der Waals surface area contributed by atoms with E-state index >= 15 is 0 Å². The molecule has 2 heterocycles. The van der Waals surface area contributed by atoms with E-state index < -0.39 is 18.8 Å². The highest BCUT2D eigenvalue weighted by atomic mass is 32.1. The fourth-order valence-electron chi connectivity index (χ4n) is 2.49. The molecule has 0 bridgehead atoms. The topological polar surface area (TPSA) is 73.3 Å². The molecule has 30 heavy (non-hydrogen) atoms. The van der Waals surface area contributed by atoms with Gasteiger partial charge in [-0.25, -0.2) is 4.98 Å². The van der Waals surface area contributed by atoms with Gasteiger partial charge in [-0.05, 0) is 36.8 Å². The Balaban J connectivity index is 1.49. The van der Waals surface area contributed by atoms with Crippen molar-refractivity contribution in [1.82, 2.24) is 15.3 Å². The molecule has 158 valence electrons. The van der Waals surface area contributed by atoms with Crippen molar-refractivity contribution >= 4 is 17.2 Å². The molecule has 2 aromatic heterocycles. The number of amides is 1. The number of carbonyl (C=O) groups excluding carboxylic acids is 1. The lowest BCUT2D eigenvalue weighted by Gasteiger charge is -2.14. The average Bonchev–Trinajstić information content (AvgIpc) is 3.21. The third-order valence-electron chi connectivity index (χ3n) is 3.89. The first-order chi connectivity index (χ1) is 14.3. The highest BCUT2D eigenvalue weighted by Crippen LogP contribution is 2.23. The van der Waals surface area contributed by atoms with Gasteiger partial charge in [0.05, 0.1) is 24.4 Å². The fraction of sp³-hybridized carbons (Fsp3) is 0.250. The van der Waals surface area contributed by atoms with Crippen LogP contribution < -0.4 is 14.8 Å². The lowest BCUT2D eigenvalue weighted by molar-refractivity contribution is -0.153. The molecule has 3 aromatic rings. The smallest absolute Gasteiger partial charge is 0.422 e. The van der Waals surface area contributed by atoms with E-state index in [0.29, 0.717) is 16.6 Å². The van der Waals surface area contributed by atoms with E-state index in [4.69, 9.17) is 4.74 Å². The van der Waals surface area contributed by atoms with Gasteiger partial charge in [0.25, 0.3) is 5.19 Å². The zero-order valence-electron chi connectivity index (χ0n) is 15.8. The molecule has 0 fully saturated rings. The van der Waals surface area contributed by atoms with Crippen molar-refractivity contribution in [2.24, 2.45) is 0 Å². The minimum absolute atomic E-state index is 0.00894. The Hall–Kier alpha value is -3.14. The maximum Gasteiger partial charge on any atom is 0.422 e. The van der Waals surface area contributed by atoms with E-state index in [-0.39, 0.29) is 18.1 Å². The van der Waals surface area contributed by atoms with Crippen molar-refractivity contribution in [2.45, 2.75) is 25.6 Å². The molecular formula is C20H18F3N3O3S. The third kappa shape index (κ3) is 6.73. The lowest BCUT2D eigenvalue weighted by atomic mass is 10.1. The average molecular weight is 437 g/mol. The number of alkyl halides is 3. The molecule has 0 aliphatic heterocycles. The van der Waals surface area contributed by atoms with E-state index in [0.717, 1.165) is 5.56 Å². The van der Waals surface area contributed by atoms with Crippen molar-refractivity contribution in [1.29, 1.82) is 0 Å². The number of thiazole rings is 1. The second-order valence-corrected chi connectivity index (χ2v) is 7.19. The number of nitrogens with one attached hydrogen (secondary N) is 1. The molecule has 0 saturated heterocycles. The normalized spacial score (nSPS) is 12.3. The second kappa shape index (κ2) is 9.57. The molecule has 10 heteroatoms. The molecule has 3 rings (SSSR count). The SMILES string of the molecule is C[C@@H](NC(=O)Cc1ccc(Oc2nccs2)cc1)c1ccc(OCC(F)(F)F)cn1. The Morgan fingerprint density at radius 2 is 1.87 bits per heavy atom. The molecule has 0 aliphatic rings. The highest BCUT2D eigenvalue weighted by Gasteiger charge is 2.28. The number of nitrogens with zero attached hydrogens (tertiary/aromatic N) is 2. The van der Waals surface area contributed by atoms with Crippen molar-refractivity contribution in [3.63, 3.8) is 0 Å². The second-order valence-electron chi connectivity index (χ2n) is 6.33. The number of carbonyl (C=O) groups is 1. The molecule has 0 aliphatic carbocycles. The van der Waals surface area contributed by atoms with Crippen molar-refractivity contribution in [2.75, 3.05) is 6.61 Å². The largest absolute Gasteiger partial charge is 0.483 e. The number of benzene rings is 1. The minimum atomic E-state index is -4.41. The maximum atomic E-state index is 12.3. The van der Waals surface area contributed by atoms with Crippen LogP contribution in [0.2, 0.25) is 0 Å². The summed E-state index contributed by atoms with van der Waals surface area (Å²) in [5.74, 6) is 0.421. The summed E-state index contributed by atoms with van der Waals surface area (Å²) < 4.78 is 46.7. The van der Waals surface area contributed by atoms with Gasteiger partial charge in [-0.3, -0.25) is 9.78 Å². The first-order valence-electron chi connectivity index (χ1n) is 8.89. The monoisotopic (exact) mass is 437 g/mol. The first-order valence-corrected chi connectivity index (χ1v) is 9.77. The van der Waals surface area contributed by atoms with Crippen molar-refractivity contribution in [3.8, 4) is 16.7 Å². The van der Waals surface area contributed by atoms with E-state index in [2.05, 4.69) is 20.0 Å². The van der Waals surface area contributed by atoms with E-state index in [1.807, 2.05) is 5.38 Å². The van der Waals surface area contributed by atoms with Crippen LogP contribution in [0, 0.1) is 0 Å². The minimum Gasteiger partial charge on any atom is -0.483 e. The van der Waals surface area contributed by atoms with Gasteiger partial charge in [0, 0.05) is 11.6 Å². The third-order valence-corrected chi connectivity index (χ3v) is 4.53. The number of ether oxygens (including phenoxy) is 2. The summed E-state index contributed by atoms with van der Waals surface area (Å²) in [4.78, 5) is 20.4. The van der Waals surface area contributed by atoms with E-state index in [1.54, 1.807) is 37.4 Å². The van der Waals surface area contributed by atoms with Crippen LogP contribution in [-0.2, 0) is 11.2 Å². The summed E-state index contributed by atoms with van der Waals surface area (Å²) in [6.45, 7) is 0.357. The molecule has 1 amide bonds. The van der Waals surface area contributed by atoms with E-state index in [1.165, 1.54) is 29.7 Å². The standard InChI is InChI=1S/C20H18F3N3O3S/c1-13(17-7-6-16(11-25-17)28-12-20(21,22)23)26-18(27)10-14-2-4-15(5-3-14)29-19-24-8-9-30-19/h2-9,11,13H,10,12H2,1H3,(H,26,27)/t13-/m1/s1. The zero-order chi connectivity index (χ0) is 21.6. The predicted octanol–water partition coefficient (Wildman–Crippen LogP) is 4.69. The number of rotatable bonds is 8. The molecular weight excluding hydrogens is 419 g/mol. The van der Waals surface area contributed by atoms with Crippen LogP contribution in [0.5, 0.6) is 16.7 Å². The number of aromatic nitrogens is 2. The van der Waals surface area contributed by atoms with Gasteiger partial charge in [-0.1, -0.05) is 23.5 Å². The number of hydrogen-bond acceptors (Lipinski definition) is 6. The van der Waals surface area contributed by atoms with Crippen LogP contribution in [-0.4, -0.2) is 28.7 Å². The molecule has 1 N–H and O–H groups in total. The molecule has 0 saturated carbocycles. The van der Waals surface area contributed by atoms with Gasteiger partial charge < -0.3 is 14.8 Å². The Morgan fingerprint density at radius 3 is 2.47 bits per heavy atom. The Bertz CT molecular complexity index is 946. The molecule has 0 spiro atoms. The summed E-state index contributed by atoms with van der Waals surface area (Å²) >= 11 is 1.38. The Kier molecular flexibility index (Phi) is 6.88. The molecule has 0 unspecified atom stereocenters. The van der Waals surface area contributed by atoms with Crippen LogP contribution in [0.4, 0.5) is 13.2 Å². The predicted molar refractivity (Wildman–Crippen MR) is 105 cm³/mol. The van der Waals surface area contributed by atoms with Gasteiger partial charge in [0.2, 0.25) is 5.91 Å².